The lowest BCUT2D eigenvalue weighted by Gasteiger charge is -2.23. The summed E-state index contributed by atoms with van der Waals surface area (Å²) in [6.45, 7) is 5.49. The molecule has 6 nitrogen and oxygen atoms in total. The van der Waals surface area contributed by atoms with Crippen LogP contribution in [0.3, 0.4) is 0 Å². The smallest absolute Gasteiger partial charge is 0.278 e. The van der Waals surface area contributed by atoms with Gasteiger partial charge in [-0.25, -0.2) is 8.42 Å². The van der Waals surface area contributed by atoms with Gasteiger partial charge in [-0.2, -0.15) is 4.31 Å². The second-order valence-corrected chi connectivity index (χ2v) is 9.32. The van der Waals surface area contributed by atoms with E-state index in [1.165, 1.54) is 24.3 Å². The summed E-state index contributed by atoms with van der Waals surface area (Å²) in [6, 6.07) is 17.6. The molecule has 0 heterocycles. The predicted octanol–water partition coefficient (Wildman–Crippen LogP) is 5.16. The highest BCUT2D eigenvalue weighted by molar-refractivity contribution is 7.93. The van der Waals surface area contributed by atoms with E-state index in [1.807, 2.05) is 13.8 Å². The van der Waals surface area contributed by atoms with E-state index < -0.39 is 22.5 Å². The first kappa shape index (κ1) is 23.6. The van der Waals surface area contributed by atoms with Crippen LogP contribution in [-0.2, 0) is 14.8 Å². The van der Waals surface area contributed by atoms with E-state index in [-0.39, 0.29) is 10.6 Å². The van der Waals surface area contributed by atoms with E-state index in [0.29, 0.717) is 23.1 Å². The minimum Gasteiger partial charge on any atom is -0.494 e. The molecule has 3 aromatic rings. The maximum absolute atomic E-state index is 13.4. The first-order valence-electron chi connectivity index (χ1n) is 9.99. The zero-order valence-electron chi connectivity index (χ0n) is 18.0. The van der Waals surface area contributed by atoms with Crippen molar-refractivity contribution in [2.45, 2.75) is 25.7 Å². The lowest BCUT2D eigenvalue weighted by Crippen LogP contribution is -2.40. The van der Waals surface area contributed by atoms with E-state index in [2.05, 4.69) is 0 Å². The van der Waals surface area contributed by atoms with E-state index in [4.69, 9.17) is 21.1 Å². The Morgan fingerprint density at radius 1 is 0.938 bits per heavy atom. The molecule has 3 aromatic carbocycles. The van der Waals surface area contributed by atoms with Gasteiger partial charge in [0, 0.05) is 5.02 Å². The Kier molecular flexibility index (Phi) is 7.43. The molecule has 0 saturated carbocycles. The first-order valence-corrected chi connectivity index (χ1v) is 11.8. The molecule has 0 unspecified atom stereocenters. The summed E-state index contributed by atoms with van der Waals surface area (Å²) in [6.07, 6.45) is 0. The number of halogens is 1. The van der Waals surface area contributed by atoms with Crippen LogP contribution in [-0.4, -0.2) is 27.5 Å². The zero-order valence-corrected chi connectivity index (χ0v) is 19.6. The fourth-order valence-corrected chi connectivity index (χ4v) is 4.69. The van der Waals surface area contributed by atoms with Crippen LogP contribution in [0.4, 0.5) is 5.69 Å². The van der Waals surface area contributed by atoms with Crippen molar-refractivity contribution in [1.82, 2.24) is 0 Å². The van der Waals surface area contributed by atoms with Gasteiger partial charge in [-0.05, 0) is 80.9 Å². The minimum atomic E-state index is -4.17. The number of sulfonamides is 1. The molecule has 0 N–H and O–H groups in total. The van der Waals surface area contributed by atoms with Gasteiger partial charge in [0.15, 0.2) is 6.61 Å². The van der Waals surface area contributed by atoms with Gasteiger partial charge < -0.3 is 9.47 Å². The number of ether oxygens (including phenoxy) is 2. The third-order valence-corrected chi connectivity index (χ3v) is 6.65. The minimum absolute atomic E-state index is 0.00742. The second kappa shape index (κ2) is 10.1. The summed E-state index contributed by atoms with van der Waals surface area (Å²) < 4.78 is 38.7. The predicted molar refractivity (Wildman–Crippen MR) is 125 cm³/mol. The van der Waals surface area contributed by atoms with Gasteiger partial charge in [0.05, 0.1) is 17.2 Å². The molecule has 0 aliphatic rings. The van der Waals surface area contributed by atoms with Crippen LogP contribution in [0.25, 0.3) is 0 Å². The summed E-state index contributed by atoms with van der Waals surface area (Å²) >= 11 is 5.96. The fourth-order valence-electron chi connectivity index (χ4n) is 3.05. The molecule has 32 heavy (non-hydrogen) atoms. The van der Waals surface area contributed by atoms with Gasteiger partial charge in [-0.15, -0.1) is 0 Å². The maximum atomic E-state index is 13.4. The molecule has 0 aromatic heterocycles. The van der Waals surface area contributed by atoms with Gasteiger partial charge in [0.2, 0.25) is 0 Å². The molecule has 0 saturated heterocycles. The van der Waals surface area contributed by atoms with Crippen LogP contribution in [0.15, 0.2) is 71.6 Å². The van der Waals surface area contributed by atoms with Crippen molar-refractivity contribution < 1.29 is 22.7 Å². The molecule has 0 bridgehead atoms. The summed E-state index contributed by atoms with van der Waals surface area (Å²) in [5, 5.41) is 0.541. The molecule has 0 aliphatic carbocycles. The Morgan fingerprint density at radius 3 is 2.19 bits per heavy atom. The van der Waals surface area contributed by atoms with Crippen molar-refractivity contribution in [2.75, 3.05) is 17.5 Å². The highest BCUT2D eigenvalue weighted by Crippen LogP contribution is 2.27. The molecule has 8 heteroatoms. The lowest BCUT2D eigenvalue weighted by molar-refractivity contribution is -0.119. The molecule has 0 atom stereocenters. The summed E-state index contributed by atoms with van der Waals surface area (Å²) in [5.41, 5.74) is 1.83. The van der Waals surface area contributed by atoms with E-state index >= 15 is 0 Å². The Bertz CT molecular complexity index is 1190. The van der Waals surface area contributed by atoms with E-state index in [1.54, 1.807) is 49.4 Å². The van der Waals surface area contributed by atoms with Crippen molar-refractivity contribution in [1.29, 1.82) is 0 Å². The van der Waals surface area contributed by atoms with Crippen molar-refractivity contribution in [3.8, 4) is 11.5 Å². The molecule has 0 aliphatic heterocycles. The van der Waals surface area contributed by atoms with Crippen molar-refractivity contribution >= 4 is 33.2 Å². The Labute approximate surface area is 193 Å². The average Bonchev–Trinajstić information content (AvgIpc) is 2.75. The number of hydrogen-bond donors (Lipinski definition) is 0. The van der Waals surface area contributed by atoms with Crippen molar-refractivity contribution in [3.05, 3.63) is 82.9 Å². The number of carbonyl (C=O) groups excluding carboxylic acids is 1. The van der Waals surface area contributed by atoms with Crippen LogP contribution >= 0.6 is 11.6 Å². The Morgan fingerprint density at radius 2 is 1.59 bits per heavy atom. The number of nitrogens with zero attached hydrogens (tertiary/aromatic N) is 1. The van der Waals surface area contributed by atoms with Crippen molar-refractivity contribution in [2.24, 2.45) is 0 Å². The summed E-state index contributed by atoms with van der Waals surface area (Å²) in [5.74, 6) is 0.288. The van der Waals surface area contributed by atoms with Gasteiger partial charge in [0.25, 0.3) is 15.9 Å². The molecule has 0 fully saturated rings. The SMILES string of the molecule is CCOc1ccc(N(C(=O)COc2ccc(Cl)cc2C)S(=O)(=O)c2ccc(C)cc2)cc1. The summed E-state index contributed by atoms with van der Waals surface area (Å²) in [4.78, 5) is 13.2. The molecule has 1 amide bonds. The largest absolute Gasteiger partial charge is 0.494 e. The van der Waals surface area contributed by atoms with Gasteiger partial charge in [-0.1, -0.05) is 29.3 Å². The number of aryl methyl sites for hydroxylation is 2. The summed E-state index contributed by atoms with van der Waals surface area (Å²) in [7, 11) is -4.17. The van der Waals surface area contributed by atoms with E-state index in [0.717, 1.165) is 15.4 Å². The molecular formula is C24H24ClNO5S. The maximum Gasteiger partial charge on any atom is 0.278 e. The van der Waals surface area contributed by atoms with Gasteiger partial charge in [-0.3, -0.25) is 4.79 Å². The third-order valence-electron chi connectivity index (χ3n) is 4.66. The normalized spacial score (nSPS) is 11.1. The molecule has 3 rings (SSSR count). The van der Waals surface area contributed by atoms with Crippen LogP contribution < -0.4 is 13.8 Å². The van der Waals surface area contributed by atoms with Crippen LogP contribution in [0.2, 0.25) is 5.02 Å². The third kappa shape index (κ3) is 5.41. The van der Waals surface area contributed by atoms with Crippen LogP contribution in [0.1, 0.15) is 18.1 Å². The quantitative estimate of drug-likeness (QED) is 0.452. The zero-order chi connectivity index (χ0) is 23.3. The number of anilines is 1. The van der Waals surface area contributed by atoms with E-state index in [9.17, 15) is 13.2 Å². The fraction of sp³-hybridized carbons (Fsp3) is 0.208. The monoisotopic (exact) mass is 473 g/mol. The Balaban J connectivity index is 1.95. The van der Waals surface area contributed by atoms with Crippen LogP contribution in [0, 0.1) is 13.8 Å². The highest BCUT2D eigenvalue weighted by atomic mass is 35.5. The highest BCUT2D eigenvalue weighted by Gasteiger charge is 2.31. The van der Waals surface area contributed by atoms with Gasteiger partial charge in [0.1, 0.15) is 11.5 Å². The standard InChI is InChI=1S/C24H24ClNO5S/c1-4-30-21-10-8-20(9-11-21)26(32(28,29)22-12-5-17(2)6-13-22)24(27)16-31-23-14-7-19(25)15-18(23)3/h5-15H,4,16H2,1-3H3. The van der Waals surface area contributed by atoms with Crippen LogP contribution in [0.5, 0.6) is 11.5 Å². The van der Waals surface area contributed by atoms with Gasteiger partial charge >= 0.3 is 0 Å². The number of hydrogen-bond acceptors (Lipinski definition) is 5. The molecule has 0 spiro atoms. The number of carbonyl (C=O) groups is 1. The number of amides is 1. The average molecular weight is 474 g/mol. The lowest BCUT2D eigenvalue weighted by atomic mass is 10.2. The topological polar surface area (TPSA) is 72.9 Å². The van der Waals surface area contributed by atoms with Crippen molar-refractivity contribution in [3.63, 3.8) is 0 Å². The number of benzene rings is 3. The second-order valence-electron chi connectivity index (χ2n) is 7.10. The first-order chi connectivity index (χ1) is 15.2. The molecule has 0 radical (unpaired) electrons. The molecular weight excluding hydrogens is 450 g/mol. The Hall–Kier alpha value is -3.03. The number of rotatable bonds is 8. The molecule has 168 valence electrons.